The lowest BCUT2D eigenvalue weighted by Gasteiger charge is -2.13. The first-order valence-electron chi connectivity index (χ1n) is 6.46. The molecule has 2 amide bonds. The van der Waals surface area contributed by atoms with Gasteiger partial charge in [-0.25, -0.2) is 0 Å². The van der Waals surface area contributed by atoms with E-state index >= 15 is 0 Å². The molecule has 0 aliphatic carbocycles. The zero-order valence-electron chi connectivity index (χ0n) is 11.5. The first kappa shape index (κ1) is 16.0. The maximum absolute atomic E-state index is 11.0. The van der Waals surface area contributed by atoms with Crippen molar-refractivity contribution in [3.05, 3.63) is 29.8 Å². The number of ether oxygens (including phenoxy) is 1. The number of amides is 2. The van der Waals surface area contributed by atoms with E-state index in [-0.39, 0.29) is 31.4 Å². The number of carbonyl (C=O) groups excluding carboxylic acids is 2. The van der Waals surface area contributed by atoms with Crippen LogP contribution in [0.15, 0.2) is 24.3 Å². The zero-order chi connectivity index (χ0) is 15.0. The van der Waals surface area contributed by atoms with Crippen molar-refractivity contribution in [1.82, 2.24) is 5.32 Å². The molecule has 1 atom stereocenters. The molecule has 110 valence electrons. The minimum absolute atomic E-state index is 0.0825. The molecule has 0 saturated heterocycles. The van der Waals surface area contributed by atoms with Crippen LogP contribution < -0.4 is 15.8 Å². The van der Waals surface area contributed by atoms with Gasteiger partial charge in [-0.05, 0) is 17.7 Å². The third-order valence-electron chi connectivity index (χ3n) is 2.60. The Morgan fingerprint density at radius 3 is 2.55 bits per heavy atom. The summed E-state index contributed by atoms with van der Waals surface area (Å²) < 4.78 is 5.38. The minimum Gasteiger partial charge on any atom is -0.491 e. The van der Waals surface area contributed by atoms with Crippen LogP contribution in [0.5, 0.6) is 5.75 Å². The van der Waals surface area contributed by atoms with E-state index in [1.807, 2.05) is 0 Å². The second-order valence-corrected chi connectivity index (χ2v) is 4.41. The lowest BCUT2D eigenvalue weighted by molar-refractivity contribution is -0.121. The van der Waals surface area contributed by atoms with E-state index in [0.29, 0.717) is 12.2 Å². The monoisotopic (exact) mass is 280 g/mol. The quantitative estimate of drug-likeness (QED) is 0.623. The number of nitrogens with one attached hydrogen (secondary N) is 1. The second-order valence-electron chi connectivity index (χ2n) is 4.41. The van der Waals surface area contributed by atoms with Crippen LogP contribution in [0.1, 0.15) is 18.9 Å². The van der Waals surface area contributed by atoms with Crippen molar-refractivity contribution < 1.29 is 19.4 Å². The van der Waals surface area contributed by atoms with Crippen LogP contribution in [0.3, 0.4) is 0 Å². The molecule has 0 fully saturated rings. The normalized spacial score (nSPS) is 11.7. The average molecular weight is 280 g/mol. The SMILES string of the molecule is CCC(=O)NCC(O)COc1ccc(CC(N)=O)cc1. The maximum atomic E-state index is 11.0. The highest BCUT2D eigenvalue weighted by molar-refractivity contribution is 5.76. The number of hydrogen-bond donors (Lipinski definition) is 3. The van der Waals surface area contributed by atoms with Gasteiger partial charge in [0.2, 0.25) is 11.8 Å². The molecule has 6 nitrogen and oxygen atoms in total. The number of benzene rings is 1. The standard InChI is InChI=1S/C14H20N2O4/c1-2-14(19)16-8-11(17)9-20-12-5-3-10(4-6-12)7-13(15)18/h3-6,11,17H,2,7-9H2,1H3,(H2,15,18)(H,16,19). The van der Waals surface area contributed by atoms with Gasteiger partial charge >= 0.3 is 0 Å². The second kappa shape index (κ2) is 8.16. The molecule has 4 N–H and O–H groups in total. The fraction of sp³-hybridized carbons (Fsp3) is 0.429. The van der Waals surface area contributed by atoms with Gasteiger partial charge in [-0.2, -0.15) is 0 Å². The van der Waals surface area contributed by atoms with Crippen LogP contribution in [0.4, 0.5) is 0 Å². The Kier molecular flexibility index (Phi) is 6.52. The van der Waals surface area contributed by atoms with E-state index in [1.165, 1.54) is 0 Å². The molecule has 0 saturated carbocycles. The molecule has 0 bridgehead atoms. The Morgan fingerprint density at radius 2 is 2.00 bits per heavy atom. The number of aliphatic hydroxyl groups excluding tert-OH is 1. The Morgan fingerprint density at radius 1 is 1.35 bits per heavy atom. The number of hydrogen-bond acceptors (Lipinski definition) is 4. The van der Waals surface area contributed by atoms with Crippen LogP contribution in [-0.4, -0.2) is 36.2 Å². The molecule has 1 unspecified atom stereocenters. The summed E-state index contributed by atoms with van der Waals surface area (Å²) in [4.78, 5) is 21.8. The third kappa shape index (κ3) is 6.19. The average Bonchev–Trinajstić information content (AvgIpc) is 2.43. The van der Waals surface area contributed by atoms with Crippen LogP contribution in [-0.2, 0) is 16.0 Å². The molecule has 1 rings (SSSR count). The van der Waals surface area contributed by atoms with Crippen molar-refractivity contribution >= 4 is 11.8 Å². The summed E-state index contributed by atoms with van der Waals surface area (Å²) in [5.74, 6) is 0.0831. The van der Waals surface area contributed by atoms with E-state index in [2.05, 4.69) is 5.32 Å². The number of aliphatic hydroxyl groups is 1. The fourth-order valence-electron chi connectivity index (χ4n) is 1.51. The van der Waals surface area contributed by atoms with Crippen molar-refractivity contribution in [2.45, 2.75) is 25.9 Å². The van der Waals surface area contributed by atoms with Gasteiger partial charge in [0.15, 0.2) is 0 Å². The summed E-state index contributed by atoms with van der Waals surface area (Å²) in [5, 5.41) is 12.2. The van der Waals surface area contributed by atoms with Crippen LogP contribution in [0.2, 0.25) is 0 Å². The van der Waals surface area contributed by atoms with E-state index in [4.69, 9.17) is 10.5 Å². The van der Waals surface area contributed by atoms with Gasteiger partial charge in [0, 0.05) is 13.0 Å². The van der Waals surface area contributed by atoms with E-state index in [9.17, 15) is 14.7 Å². The lowest BCUT2D eigenvalue weighted by Crippen LogP contribution is -2.34. The van der Waals surface area contributed by atoms with Crippen molar-refractivity contribution in [2.75, 3.05) is 13.2 Å². The summed E-state index contributed by atoms with van der Waals surface area (Å²) in [7, 11) is 0. The lowest BCUT2D eigenvalue weighted by atomic mass is 10.1. The van der Waals surface area contributed by atoms with Gasteiger partial charge in [0.05, 0.1) is 6.42 Å². The first-order chi connectivity index (χ1) is 9.51. The van der Waals surface area contributed by atoms with Crippen LogP contribution in [0.25, 0.3) is 0 Å². The Hall–Kier alpha value is -2.08. The molecule has 1 aromatic rings. The summed E-state index contributed by atoms with van der Waals surface area (Å²) in [6, 6.07) is 6.89. The zero-order valence-corrected chi connectivity index (χ0v) is 11.5. The van der Waals surface area contributed by atoms with Crippen molar-refractivity contribution in [1.29, 1.82) is 0 Å². The highest BCUT2D eigenvalue weighted by Crippen LogP contribution is 2.12. The largest absolute Gasteiger partial charge is 0.491 e. The molecule has 6 heteroatoms. The van der Waals surface area contributed by atoms with E-state index < -0.39 is 6.10 Å². The fourth-order valence-corrected chi connectivity index (χ4v) is 1.51. The van der Waals surface area contributed by atoms with Crippen molar-refractivity contribution in [3.63, 3.8) is 0 Å². The Bertz CT molecular complexity index is 445. The number of nitrogens with two attached hydrogens (primary N) is 1. The van der Waals surface area contributed by atoms with E-state index in [1.54, 1.807) is 31.2 Å². The van der Waals surface area contributed by atoms with Crippen molar-refractivity contribution in [3.8, 4) is 5.75 Å². The van der Waals surface area contributed by atoms with Crippen LogP contribution >= 0.6 is 0 Å². The first-order valence-corrected chi connectivity index (χ1v) is 6.46. The van der Waals surface area contributed by atoms with Gasteiger partial charge in [-0.1, -0.05) is 19.1 Å². The minimum atomic E-state index is -0.768. The Balaban J connectivity index is 2.34. The summed E-state index contributed by atoms with van der Waals surface area (Å²) in [5.41, 5.74) is 5.90. The van der Waals surface area contributed by atoms with Gasteiger partial charge < -0.3 is 20.9 Å². The summed E-state index contributed by atoms with van der Waals surface area (Å²) >= 11 is 0. The summed E-state index contributed by atoms with van der Waals surface area (Å²) in [6.07, 6.45) is -0.197. The number of primary amides is 1. The molecule has 0 radical (unpaired) electrons. The van der Waals surface area contributed by atoms with Gasteiger partial charge in [-0.15, -0.1) is 0 Å². The van der Waals surface area contributed by atoms with E-state index in [0.717, 1.165) is 5.56 Å². The highest BCUT2D eigenvalue weighted by Gasteiger charge is 2.07. The molecule has 0 aliphatic rings. The van der Waals surface area contributed by atoms with Crippen molar-refractivity contribution in [2.24, 2.45) is 5.73 Å². The van der Waals surface area contributed by atoms with Gasteiger partial charge in [0.1, 0.15) is 18.5 Å². The number of carbonyl (C=O) groups is 2. The van der Waals surface area contributed by atoms with Gasteiger partial charge in [0.25, 0.3) is 0 Å². The molecular formula is C14H20N2O4. The molecule has 0 heterocycles. The maximum Gasteiger partial charge on any atom is 0.221 e. The summed E-state index contributed by atoms with van der Waals surface area (Å²) in [6.45, 7) is 1.98. The molecule has 20 heavy (non-hydrogen) atoms. The number of rotatable bonds is 8. The van der Waals surface area contributed by atoms with Gasteiger partial charge in [-0.3, -0.25) is 9.59 Å². The third-order valence-corrected chi connectivity index (χ3v) is 2.60. The topological polar surface area (TPSA) is 102 Å². The smallest absolute Gasteiger partial charge is 0.221 e. The molecule has 0 aromatic heterocycles. The van der Waals surface area contributed by atoms with Crippen LogP contribution in [0, 0.1) is 0 Å². The highest BCUT2D eigenvalue weighted by atomic mass is 16.5. The molecule has 1 aromatic carbocycles. The predicted molar refractivity (Wildman–Crippen MR) is 74.1 cm³/mol. The molecule has 0 spiro atoms. The predicted octanol–water partition coefficient (Wildman–Crippen LogP) is -0.0197. The molecular weight excluding hydrogens is 260 g/mol. The molecule has 0 aliphatic heterocycles. The Labute approximate surface area is 117 Å².